The van der Waals surface area contributed by atoms with Crippen molar-refractivity contribution >= 4 is 29.0 Å². The molecule has 0 amide bonds. The molecule has 108 valence electrons. The number of aliphatic imine (C=N–C) groups is 1. The van der Waals surface area contributed by atoms with Gasteiger partial charge in [0, 0.05) is 22.7 Å². The number of nitrogens with zero attached hydrogens (tertiary/aromatic N) is 1. The molecule has 0 saturated heterocycles. The van der Waals surface area contributed by atoms with Crippen molar-refractivity contribution in [3.8, 4) is 5.75 Å². The molecule has 0 unspecified atom stereocenters. The normalized spacial score (nSPS) is 11.1. The molecular weight excluding hydrogens is 281 g/mol. The second-order valence-corrected chi connectivity index (χ2v) is 4.80. The van der Waals surface area contributed by atoms with Crippen molar-refractivity contribution in [2.24, 2.45) is 4.99 Å². The van der Waals surface area contributed by atoms with Gasteiger partial charge in [0.25, 0.3) is 0 Å². The third-order valence-electron chi connectivity index (χ3n) is 3.38. The predicted molar refractivity (Wildman–Crippen MR) is 84.7 cm³/mol. The molecule has 22 heavy (non-hydrogen) atoms. The van der Waals surface area contributed by atoms with Crippen LogP contribution < -0.4 is 0 Å². The van der Waals surface area contributed by atoms with Gasteiger partial charge in [-0.15, -0.1) is 0 Å². The van der Waals surface area contributed by atoms with Crippen molar-refractivity contribution in [3.63, 3.8) is 0 Å². The molecule has 3 aromatic carbocycles. The van der Waals surface area contributed by atoms with E-state index in [9.17, 15) is 14.3 Å². The van der Waals surface area contributed by atoms with Gasteiger partial charge in [-0.3, -0.25) is 9.79 Å². The Balaban J connectivity index is 2.09. The van der Waals surface area contributed by atoms with Crippen molar-refractivity contribution < 1.29 is 14.3 Å². The zero-order valence-electron chi connectivity index (χ0n) is 11.5. The minimum atomic E-state index is -0.337. The third-order valence-corrected chi connectivity index (χ3v) is 3.38. The number of hydrogen-bond acceptors (Lipinski definition) is 3. The van der Waals surface area contributed by atoms with Crippen LogP contribution in [-0.4, -0.2) is 17.6 Å². The number of rotatable bonds is 3. The Kier molecular flexibility index (Phi) is 3.66. The fourth-order valence-corrected chi connectivity index (χ4v) is 2.28. The molecule has 3 aromatic rings. The summed E-state index contributed by atoms with van der Waals surface area (Å²) in [6.45, 7) is 0. The maximum atomic E-state index is 12.9. The maximum Gasteiger partial charge on any atom is 0.150 e. The van der Waals surface area contributed by atoms with Gasteiger partial charge in [0.05, 0.1) is 5.69 Å². The molecule has 0 aromatic heterocycles. The standard InChI is InChI=1S/C18H12FNO2/c19-14-5-7-15(8-6-14)20-10-12-9-13(11-21)16-3-1-2-4-17(16)18(12)22/h1-11,22H. The number of phenols is 1. The van der Waals surface area contributed by atoms with Crippen LogP contribution in [0.15, 0.2) is 59.6 Å². The van der Waals surface area contributed by atoms with Crippen molar-refractivity contribution in [3.05, 3.63) is 71.5 Å². The van der Waals surface area contributed by atoms with Crippen LogP contribution in [0.25, 0.3) is 10.8 Å². The van der Waals surface area contributed by atoms with E-state index in [2.05, 4.69) is 4.99 Å². The second kappa shape index (κ2) is 5.77. The van der Waals surface area contributed by atoms with Crippen molar-refractivity contribution in [2.75, 3.05) is 0 Å². The number of benzene rings is 3. The zero-order valence-corrected chi connectivity index (χ0v) is 11.5. The van der Waals surface area contributed by atoms with Gasteiger partial charge in [-0.05, 0) is 35.7 Å². The van der Waals surface area contributed by atoms with Crippen LogP contribution in [0.1, 0.15) is 15.9 Å². The van der Waals surface area contributed by atoms with Crippen LogP contribution in [0.2, 0.25) is 0 Å². The van der Waals surface area contributed by atoms with Crippen LogP contribution in [0.4, 0.5) is 10.1 Å². The third kappa shape index (κ3) is 2.59. The van der Waals surface area contributed by atoms with Gasteiger partial charge in [-0.25, -0.2) is 4.39 Å². The molecule has 0 aliphatic heterocycles. The van der Waals surface area contributed by atoms with Gasteiger partial charge >= 0.3 is 0 Å². The van der Waals surface area contributed by atoms with E-state index in [4.69, 9.17) is 0 Å². The van der Waals surface area contributed by atoms with E-state index in [0.717, 1.165) is 6.29 Å². The van der Waals surface area contributed by atoms with Crippen molar-refractivity contribution in [2.45, 2.75) is 0 Å². The molecule has 0 heterocycles. The lowest BCUT2D eigenvalue weighted by atomic mass is 10.0. The summed E-state index contributed by atoms with van der Waals surface area (Å²) in [7, 11) is 0. The molecule has 0 aliphatic carbocycles. The number of phenolic OH excluding ortho intramolecular Hbond substituents is 1. The highest BCUT2D eigenvalue weighted by Crippen LogP contribution is 2.30. The SMILES string of the molecule is O=Cc1cc(C=Nc2ccc(F)cc2)c(O)c2ccccc12. The Morgan fingerprint density at radius 1 is 0.955 bits per heavy atom. The Morgan fingerprint density at radius 3 is 2.32 bits per heavy atom. The number of fused-ring (bicyclic) bond motifs is 1. The lowest BCUT2D eigenvalue weighted by molar-refractivity contribution is 0.112. The van der Waals surface area contributed by atoms with Gasteiger partial charge in [-0.2, -0.15) is 0 Å². The van der Waals surface area contributed by atoms with E-state index in [1.165, 1.54) is 30.5 Å². The predicted octanol–water partition coefficient (Wildman–Crippen LogP) is 4.25. The molecule has 0 fully saturated rings. The van der Waals surface area contributed by atoms with Crippen molar-refractivity contribution in [1.82, 2.24) is 0 Å². The fourth-order valence-electron chi connectivity index (χ4n) is 2.28. The summed E-state index contributed by atoms with van der Waals surface area (Å²) in [5, 5.41) is 11.6. The Morgan fingerprint density at radius 2 is 1.64 bits per heavy atom. The Bertz CT molecular complexity index is 870. The number of carbonyl (C=O) groups excluding carboxylic acids is 1. The highest BCUT2D eigenvalue weighted by atomic mass is 19.1. The first-order valence-electron chi connectivity index (χ1n) is 6.68. The Labute approximate surface area is 126 Å². The van der Waals surface area contributed by atoms with Gasteiger partial charge in [0.2, 0.25) is 0 Å². The number of hydrogen-bond donors (Lipinski definition) is 1. The van der Waals surface area contributed by atoms with E-state index < -0.39 is 0 Å². The lowest BCUT2D eigenvalue weighted by Gasteiger charge is -2.07. The smallest absolute Gasteiger partial charge is 0.150 e. The fraction of sp³-hybridized carbons (Fsp3) is 0. The monoisotopic (exact) mass is 293 g/mol. The first-order chi connectivity index (χ1) is 10.7. The highest BCUT2D eigenvalue weighted by molar-refractivity contribution is 6.05. The van der Waals surface area contributed by atoms with E-state index >= 15 is 0 Å². The van der Waals surface area contributed by atoms with Crippen molar-refractivity contribution in [1.29, 1.82) is 0 Å². The molecule has 4 heteroatoms. The van der Waals surface area contributed by atoms with Crippen LogP contribution >= 0.6 is 0 Å². The topological polar surface area (TPSA) is 49.7 Å². The molecule has 0 radical (unpaired) electrons. The van der Waals surface area contributed by atoms with Crippen LogP contribution in [-0.2, 0) is 0 Å². The summed E-state index contributed by atoms with van der Waals surface area (Å²) < 4.78 is 12.9. The first-order valence-corrected chi connectivity index (χ1v) is 6.68. The van der Waals surface area contributed by atoms with E-state index in [1.54, 1.807) is 30.3 Å². The average molecular weight is 293 g/mol. The van der Waals surface area contributed by atoms with Gasteiger partial charge in [0.15, 0.2) is 6.29 Å². The summed E-state index contributed by atoms with van der Waals surface area (Å²) >= 11 is 0. The summed E-state index contributed by atoms with van der Waals surface area (Å²) in [4.78, 5) is 15.4. The molecule has 3 rings (SSSR count). The maximum absolute atomic E-state index is 12.9. The molecule has 0 aliphatic rings. The average Bonchev–Trinajstić information content (AvgIpc) is 2.56. The summed E-state index contributed by atoms with van der Waals surface area (Å²) in [6, 6.07) is 14.4. The minimum Gasteiger partial charge on any atom is -0.507 e. The van der Waals surface area contributed by atoms with E-state index in [0.29, 0.717) is 27.6 Å². The minimum absolute atomic E-state index is 0.0621. The van der Waals surface area contributed by atoms with Gasteiger partial charge in [-0.1, -0.05) is 24.3 Å². The molecular formula is C18H12FNO2. The number of halogens is 1. The summed E-state index contributed by atoms with van der Waals surface area (Å²) in [5.41, 5.74) is 1.47. The highest BCUT2D eigenvalue weighted by Gasteiger charge is 2.09. The number of aldehydes is 1. The molecule has 3 nitrogen and oxygen atoms in total. The number of carbonyl (C=O) groups is 1. The zero-order chi connectivity index (χ0) is 15.5. The lowest BCUT2D eigenvalue weighted by Crippen LogP contribution is -1.90. The number of aromatic hydroxyl groups is 1. The van der Waals surface area contributed by atoms with Gasteiger partial charge < -0.3 is 5.11 Å². The van der Waals surface area contributed by atoms with E-state index in [1.807, 2.05) is 0 Å². The molecule has 0 bridgehead atoms. The molecule has 0 saturated carbocycles. The van der Waals surface area contributed by atoms with Crippen LogP contribution in [0, 0.1) is 5.82 Å². The second-order valence-electron chi connectivity index (χ2n) is 4.80. The van der Waals surface area contributed by atoms with E-state index in [-0.39, 0.29) is 11.6 Å². The first kappa shape index (κ1) is 13.9. The summed E-state index contributed by atoms with van der Waals surface area (Å²) in [5.74, 6) is -0.275. The van der Waals surface area contributed by atoms with Gasteiger partial charge in [0.1, 0.15) is 11.6 Å². The molecule has 1 N–H and O–H groups in total. The molecule has 0 spiro atoms. The largest absolute Gasteiger partial charge is 0.507 e. The quantitative estimate of drug-likeness (QED) is 0.580. The Hall–Kier alpha value is -3.01. The summed E-state index contributed by atoms with van der Waals surface area (Å²) in [6.07, 6.45) is 2.21. The molecule has 0 atom stereocenters. The van der Waals surface area contributed by atoms with Crippen LogP contribution in [0.3, 0.4) is 0 Å². The van der Waals surface area contributed by atoms with Crippen LogP contribution in [0.5, 0.6) is 5.75 Å².